The Morgan fingerprint density at radius 3 is 2.29 bits per heavy atom. The third-order valence-electron chi connectivity index (χ3n) is 2.03. The number of nitrogens with zero attached hydrogens (tertiary/aromatic N) is 1. The summed E-state index contributed by atoms with van der Waals surface area (Å²) in [5.74, 6) is 0. The van der Waals surface area contributed by atoms with Crippen molar-refractivity contribution in [3.05, 3.63) is 0 Å². The van der Waals surface area contributed by atoms with Gasteiger partial charge in [0.25, 0.3) is 0 Å². The molecule has 0 aliphatic heterocycles. The highest BCUT2D eigenvalue weighted by molar-refractivity contribution is 4.56. The Morgan fingerprint density at radius 1 is 1.29 bits per heavy atom. The molecule has 0 bridgehead atoms. The fraction of sp³-hybridized carbons (Fsp3) is 1.00. The highest BCUT2D eigenvalue weighted by atomic mass is 35.5. The molecule has 0 saturated carbocycles. The van der Waals surface area contributed by atoms with Crippen molar-refractivity contribution in [2.24, 2.45) is 0 Å². The Kier molecular flexibility index (Phi) is 10.0. The molecule has 0 aromatic carbocycles. The van der Waals surface area contributed by atoms with Gasteiger partial charge in [0.2, 0.25) is 0 Å². The molecular formula is C10H25ClN2O. The van der Waals surface area contributed by atoms with E-state index in [4.69, 9.17) is 0 Å². The number of rotatable bonds is 7. The first kappa shape index (κ1) is 16.6. The summed E-state index contributed by atoms with van der Waals surface area (Å²) >= 11 is 0. The van der Waals surface area contributed by atoms with Crippen molar-refractivity contribution in [2.75, 3.05) is 40.8 Å². The van der Waals surface area contributed by atoms with Gasteiger partial charge in [-0.1, -0.05) is 6.92 Å². The van der Waals surface area contributed by atoms with Crippen molar-refractivity contribution in [1.82, 2.24) is 5.32 Å². The van der Waals surface area contributed by atoms with E-state index >= 15 is 0 Å². The van der Waals surface area contributed by atoms with Crippen molar-refractivity contribution in [3.8, 4) is 0 Å². The SMILES string of the molecule is CCC(O)CNCCC[N+](C)(C)C.[Cl-]. The second-order valence-corrected chi connectivity index (χ2v) is 4.63. The molecule has 14 heavy (non-hydrogen) atoms. The van der Waals surface area contributed by atoms with Gasteiger partial charge in [-0.25, -0.2) is 0 Å². The smallest absolute Gasteiger partial charge is 0.0792 e. The third kappa shape index (κ3) is 12.2. The molecule has 4 heteroatoms. The normalized spacial score (nSPS) is 13.5. The second-order valence-electron chi connectivity index (χ2n) is 4.63. The van der Waals surface area contributed by atoms with Crippen molar-refractivity contribution in [1.29, 1.82) is 0 Å². The molecule has 2 N–H and O–H groups in total. The van der Waals surface area contributed by atoms with E-state index in [1.165, 1.54) is 13.0 Å². The van der Waals surface area contributed by atoms with E-state index in [9.17, 15) is 5.11 Å². The fourth-order valence-electron chi connectivity index (χ4n) is 1.09. The zero-order valence-electron chi connectivity index (χ0n) is 9.89. The molecule has 0 aromatic rings. The van der Waals surface area contributed by atoms with Gasteiger partial charge in [0.15, 0.2) is 0 Å². The first-order chi connectivity index (χ1) is 5.95. The van der Waals surface area contributed by atoms with Crippen LogP contribution in [-0.4, -0.2) is 56.5 Å². The van der Waals surface area contributed by atoms with Crippen molar-refractivity contribution in [3.63, 3.8) is 0 Å². The number of quaternary nitrogens is 1. The average molecular weight is 225 g/mol. The van der Waals surface area contributed by atoms with Crippen LogP contribution in [0.1, 0.15) is 19.8 Å². The Hall–Kier alpha value is 0.170. The average Bonchev–Trinajstić information content (AvgIpc) is 2.01. The van der Waals surface area contributed by atoms with E-state index in [0.717, 1.165) is 24.0 Å². The van der Waals surface area contributed by atoms with Gasteiger partial charge in [0.1, 0.15) is 0 Å². The van der Waals surface area contributed by atoms with Crippen LogP contribution in [0.15, 0.2) is 0 Å². The highest BCUT2D eigenvalue weighted by Gasteiger charge is 2.05. The lowest BCUT2D eigenvalue weighted by Gasteiger charge is -2.23. The molecule has 0 aromatic heterocycles. The van der Waals surface area contributed by atoms with Crippen molar-refractivity contribution < 1.29 is 22.0 Å². The maximum Gasteiger partial charge on any atom is 0.0792 e. The first-order valence-corrected chi connectivity index (χ1v) is 5.15. The molecule has 0 spiro atoms. The van der Waals surface area contributed by atoms with Crippen LogP contribution in [0.25, 0.3) is 0 Å². The third-order valence-corrected chi connectivity index (χ3v) is 2.03. The summed E-state index contributed by atoms with van der Waals surface area (Å²) in [5, 5.41) is 12.5. The zero-order chi connectivity index (χ0) is 10.3. The lowest BCUT2D eigenvalue weighted by molar-refractivity contribution is -0.870. The molecule has 1 atom stereocenters. The van der Waals surface area contributed by atoms with Crippen LogP contribution in [0.4, 0.5) is 0 Å². The maximum absolute atomic E-state index is 9.25. The Labute approximate surface area is 94.5 Å². The Bertz CT molecular complexity index is 126. The van der Waals surface area contributed by atoms with Crippen LogP contribution in [0.2, 0.25) is 0 Å². The van der Waals surface area contributed by atoms with Gasteiger partial charge in [-0.15, -0.1) is 0 Å². The molecule has 0 aliphatic rings. The van der Waals surface area contributed by atoms with Crippen LogP contribution < -0.4 is 17.7 Å². The summed E-state index contributed by atoms with van der Waals surface area (Å²) in [6.07, 6.45) is 1.83. The molecule has 0 aliphatic carbocycles. The summed E-state index contributed by atoms with van der Waals surface area (Å²) in [5.41, 5.74) is 0. The molecule has 0 saturated heterocycles. The quantitative estimate of drug-likeness (QED) is 0.369. The number of hydrogen-bond acceptors (Lipinski definition) is 2. The van der Waals surface area contributed by atoms with Crippen molar-refractivity contribution in [2.45, 2.75) is 25.9 Å². The van der Waals surface area contributed by atoms with Crippen LogP contribution in [0, 0.1) is 0 Å². The molecule has 0 fully saturated rings. The van der Waals surface area contributed by atoms with Gasteiger partial charge >= 0.3 is 0 Å². The van der Waals surface area contributed by atoms with Crippen LogP contribution in [0.3, 0.4) is 0 Å². The van der Waals surface area contributed by atoms with E-state index in [-0.39, 0.29) is 18.5 Å². The minimum atomic E-state index is -0.177. The van der Waals surface area contributed by atoms with E-state index in [1.54, 1.807) is 0 Å². The summed E-state index contributed by atoms with van der Waals surface area (Å²) in [7, 11) is 6.59. The molecule has 0 rings (SSSR count). The minimum absolute atomic E-state index is 0. The predicted octanol–water partition coefficient (Wildman–Crippen LogP) is -2.55. The lowest BCUT2D eigenvalue weighted by atomic mass is 10.3. The summed E-state index contributed by atoms with van der Waals surface area (Å²) in [6, 6.07) is 0. The zero-order valence-corrected chi connectivity index (χ0v) is 10.6. The van der Waals surface area contributed by atoms with E-state index < -0.39 is 0 Å². The van der Waals surface area contributed by atoms with Gasteiger partial charge in [0, 0.05) is 19.5 Å². The number of nitrogens with one attached hydrogen (secondary N) is 1. The van der Waals surface area contributed by atoms with Gasteiger partial charge < -0.3 is 27.3 Å². The molecule has 3 nitrogen and oxygen atoms in total. The summed E-state index contributed by atoms with van der Waals surface area (Å²) < 4.78 is 1.01. The second kappa shape index (κ2) is 8.48. The minimum Gasteiger partial charge on any atom is -1.00 e. The van der Waals surface area contributed by atoms with Gasteiger partial charge in [-0.05, 0) is 6.42 Å². The van der Waals surface area contributed by atoms with E-state index in [1.807, 2.05) is 6.92 Å². The van der Waals surface area contributed by atoms with E-state index in [2.05, 4.69) is 26.5 Å². The number of aliphatic hydroxyl groups excluding tert-OH is 1. The highest BCUT2D eigenvalue weighted by Crippen LogP contribution is 1.92. The first-order valence-electron chi connectivity index (χ1n) is 5.15. The van der Waals surface area contributed by atoms with E-state index in [0.29, 0.717) is 0 Å². The molecule has 0 radical (unpaired) electrons. The molecular weight excluding hydrogens is 200 g/mol. The Morgan fingerprint density at radius 2 is 1.86 bits per heavy atom. The number of hydrogen-bond donors (Lipinski definition) is 2. The van der Waals surface area contributed by atoms with Gasteiger partial charge in [0.05, 0.1) is 33.8 Å². The number of aliphatic hydroxyl groups is 1. The number of halogens is 1. The molecule has 1 unspecified atom stereocenters. The maximum atomic E-state index is 9.25. The summed E-state index contributed by atoms with van der Waals surface area (Å²) in [6.45, 7) is 4.91. The van der Waals surface area contributed by atoms with Crippen molar-refractivity contribution >= 4 is 0 Å². The van der Waals surface area contributed by atoms with Crippen LogP contribution in [-0.2, 0) is 0 Å². The van der Waals surface area contributed by atoms with Crippen LogP contribution in [0.5, 0.6) is 0 Å². The van der Waals surface area contributed by atoms with Gasteiger partial charge in [-0.2, -0.15) is 0 Å². The Balaban J connectivity index is 0. The largest absolute Gasteiger partial charge is 1.00 e. The van der Waals surface area contributed by atoms with Crippen LogP contribution >= 0.6 is 0 Å². The molecule has 0 heterocycles. The monoisotopic (exact) mass is 224 g/mol. The fourth-order valence-corrected chi connectivity index (χ4v) is 1.09. The summed E-state index contributed by atoms with van der Waals surface area (Å²) in [4.78, 5) is 0. The standard InChI is InChI=1S/C10H25N2O.ClH/c1-5-10(13)9-11-7-6-8-12(2,3)4;/h10-11,13H,5-9H2,1-4H3;1H/q+1;/p-1. The molecule has 0 amide bonds. The molecule has 88 valence electrons. The topological polar surface area (TPSA) is 32.3 Å². The van der Waals surface area contributed by atoms with Gasteiger partial charge in [-0.3, -0.25) is 0 Å². The predicted molar refractivity (Wildman–Crippen MR) is 56.7 cm³/mol. The lowest BCUT2D eigenvalue weighted by Crippen LogP contribution is -3.00.